The summed E-state index contributed by atoms with van der Waals surface area (Å²) in [5.41, 5.74) is 1.55. The number of hydrogen-bond donors (Lipinski definition) is 0. The van der Waals surface area contributed by atoms with E-state index in [4.69, 9.17) is 18.6 Å². The van der Waals surface area contributed by atoms with Gasteiger partial charge in [-0.25, -0.2) is 9.59 Å². The summed E-state index contributed by atoms with van der Waals surface area (Å²) in [6, 6.07) is 14.1. The van der Waals surface area contributed by atoms with Crippen LogP contribution in [0.1, 0.15) is 34.7 Å². The van der Waals surface area contributed by atoms with Gasteiger partial charge in [0.2, 0.25) is 6.10 Å². The highest BCUT2D eigenvalue weighted by atomic mass is 16.6. The highest BCUT2D eigenvalue weighted by Gasteiger charge is 2.25. The molecule has 6 nitrogen and oxygen atoms in total. The van der Waals surface area contributed by atoms with Gasteiger partial charge in [0.05, 0.1) is 13.7 Å². The van der Waals surface area contributed by atoms with E-state index in [0.29, 0.717) is 33.6 Å². The van der Waals surface area contributed by atoms with Gasteiger partial charge >= 0.3 is 11.9 Å². The summed E-state index contributed by atoms with van der Waals surface area (Å²) in [7, 11) is 1.31. The van der Waals surface area contributed by atoms with E-state index < -0.39 is 18.0 Å². The molecule has 0 N–H and O–H groups in total. The van der Waals surface area contributed by atoms with Crippen LogP contribution in [0.25, 0.3) is 11.0 Å². The first kappa shape index (κ1) is 18.5. The van der Waals surface area contributed by atoms with Crippen molar-refractivity contribution >= 4 is 22.9 Å². The minimum atomic E-state index is -0.918. The molecule has 0 aliphatic heterocycles. The van der Waals surface area contributed by atoms with Gasteiger partial charge in [0, 0.05) is 10.9 Å². The molecule has 0 aliphatic carbocycles. The molecule has 0 spiro atoms. The van der Waals surface area contributed by atoms with Crippen molar-refractivity contribution in [3.63, 3.8) is 0 Å². The molecule has 0 unspecified atom stereocenters. The predicted molar refractivity (Wildman–Crippen MR) is 98.7 cm³/mol. The number of methoxy groups -OCH3 is 1. The number of hydrogen-bond acceptors (Lipinski definition) is 6. The van der Waals surface area contributed by atoms with Crippen LogP contribution in [0.2, 0.25) is 0 Å². The van der Waals surface area contributed by atoms with Gasteiger partial charge in [-0.05, 0) is 32.0 Å². The summed E-state index contributed by atoms with van der Waals surface area (Å²) in [5.74, 6) is -0.108. The van der Waals surface area contributed by atoms with Gasteiger partial charge in [-0.1, -0.05) is 30.3 Å². The molecule has 27 heavy (non-hydrogen) atoms. The Morgan fingerprint density at radius 1 is 1.11 bits per heavy atom. The molecule has 140 valence electrons. The third-order valence-corrected chi connectivity index (χ3v) is 4.08. The van der Waals surface area contributed by atoms with Crippen LogP contribution in [0.5, 0.6) is 5.75 Å². The highest BCUT2D eigenvalue weighted by molar-refractivity contribution is 6.04. The average Bonchev–Trinajstić information content (AvgIpc) is 3.01. The van der Waals surface area contributed by atoms with Gasteiger partial charge in [0.15, 0.2) is 0 Å². The van der Waals surface area contributed by atoms with Gasteiger partial charge in [0.25, 0.3) is 0 Å². The summed E-state index contributed by atoms with van der Waals surface area (Å²) in [4.78, 5) is 24.5. The molecule has 1 aromatic heterocycles. The zero-order valence-corrected chi connectivity index (χ0v) is 15.4. The van der Waals surface area contributed by atoms with E-state index in [0.717, 1.165) is 0 Å². The molecule has 3 rings (SSSR count). The lowest BCUT2D eigenvalue weighted by Crippen LogP contribution is -2.21. The zero-order valence-electron chi connectivity index (χ0n) is 15.4. The summed E-state index contributed by atoms with van der Waals surface area (Å²) in [6.07, 6.45) is -0.918. The molecule has 6 heteroatoms. The SMILES string of the molecule is CCOC(=O)[C@H](Oc1ccc2oc(C)c(C(=O)OC)c2c1)c1ccccc1. The third kappa shape index (κ3) is 3.79. The van der Waals surface area contributed by atoms with Gasteiger partial charge in [-0.15, -0.1) is 0 Å². The first-order chi connectivity index (χ1) is 13.0. The lowest BCUT2D eigenvalue weighted by atomic mass is 10.1. The smallest absolute Gasteiger partial charge is 0.352 e. The zero-order chi connectivity index (χ0) is 19.4. The molecule has 2 aromatic carbocycles. The fourth-order valence-corrected chi connectivity index (χ4v) is 2.86. The van der Waals surface area contributed by atoms with Crippen molar-refractivity contribution in [1.82, 2.24) is 0 Å². The Labute approximate surface area is 156 Å². The van der Waals surface area contributed by atoms with Gasteiger partial charge in [-0.3, -0.25) is 0 Å². The van der Waals surface area contributed by atoms with Crippen LogP contribution >= 0.6 is 0 Å². The van der Waals surface area contributed by atoms with Crippen molar-refractivity contribution < 1.29 is 28.2 Å². The summed E-state index contributed by atoms with van der Waals surface area (Å²) in [6.45, 7) is 3.68. The minimum absolute atomic E-state index is 0.248. The second-order valence-electron chi connectivity index (χ2n) is 5.84. The van der Waals surface area contributed by atoms with Crippen molar-refractivity contribution in [1.29, 1.82) is 0 Å². The van der Waals surface area contributed by atoms with Crippen molar-refractivity contribution in [3.05, 3.63) is 65.4 Å². The van der Waals surface area contributed by atoms with Crippen LogP contribution in [-0.4, -0.2) is 25.7 Å². The quantitative estimate of drug-likeness (QED) is 0.607. The maximum atomic E-state index is 12.4. The number of benzene rings is 2. The summed E-state index contributed by atoms with van der Waals surface area (Å²) >= 11 is 0. The van der Waals surface area contributed by atoms with Crippen LogP contribution in [0.3, 0.4) is 0 Å². The Morgan fingerprint density at radius 3 is 2.52 bits per heavy atom. The second-order valence-corrected chi connectivity index (χ2v) is 5.84. The number of carbonyl (C=O) groups is 2. The van der Waals surface area contributed by atoms with Gasteiger partial charge in [-0.2, -0.15) is 0 Å². The molecule has 0 aliphatic rings. The number of carbonyl (C=O) groups excluding carboxylic acids is 2. The maximum Gasteiger partial charge on any atom is 0.352 e. The molecule has 0 saturated carbocycles. The van der Waals surface area contributed by atoms with Gasteiger partial charge < -0.3 is 18.6 Å². The molecule has 0 saturated heterocycles. The van der Waals surface area contributed by atoms with Crippen molar-refractivity contribution in [3.8, 4) is 5.75 Å². The molecule has 0 amide bonds. The van der Waals surface area contributed by atoms with Crippen LogP contribution in [-0.2, 0) is 14.3 Å². The molecule has 0 bridgehead atoms. The Bertz CT molecular complexity index is 957. The van der Waals surface area contributed by atoms with Crippen LogP contribution in [0.15, 0.2) is 52.9 Å². The Morgan fingerprint density at radius 2 is 1.85 bits per heavy atom. The lowest BCUT2D eigenvalue weighted by molar-refractivity contribution is -0.151. The molecule has 0 fully saturated rings. The average molecular weight is 368 g/mol. The number of fused-ring (bicyclic) bond motifs is 1. The number of ether oxygens (including phenoxy) is 3. The predicted octanol–water partition coefficient (Wildman–Crippen LogP) is 4.21. The van der Waals surface area contributed by atoms with E-state index in [9.17, 15) is 9.59 Å². The summed E-state index contributed by atoms with van der Waals surface area (Å²) < 4.78 is 21.5. The van der Waals surface area contributed by atoms with Crippen LogP contribution in [0.4, 0.5) is 0 Å². The number of aryl methyl sites for hydroxylation is 1. The first-order valence-electron chi connectivity index (χ1n) is 8.54. The lowest BCUT2D eigenvalue weighted by Gasteiger charge is -2.18. The summed E-state index contributed by atoms with van der Waals surface area (Å²) in [5, 5.41) is 0.563. The van der Waals surface area contributed by atoms with E-state index in [1.165, 1.54) is 7.11 Å². The third-order valence-electron chi connectivity index (χ3n) is 4.08. The van der Waals surface area contributed by atoms with Crippen molar-refractivity contribution in [2.24, 2.45) is 0 Å². The maximum absolute atomic E-state index is 12.4. The molecular weight excluding hydrogens is 348 g/mol. The molecule has 0 radical (unpaired) electrons. The van der Waals surface area contributed by atoms with Crippen molar-refractivity contribution in [2.45, 2.75) is 20.0 Å². The topological polar surface area (TPSA) is 75.0 Å². The number of rotatable bonds is 6. The van der Waals surface area contributed by atoms with E-state index in [-0.39, 0.29) is 6.61 Å². The van der Waals surface area contributed by atoms with Crippen LogP contribution < -0.4 is 4.74 Å². The fourth-order valence-electron chi connectivity index (χ4n) is 2.86. The highest BCUT2D eigenvalue weighted by Crippen LogP contribution is 2.32. The van der Waals surface area contributed by atoms with Crippen molar-refractivity contribution in [2.75, 3.05) is 13.7 Å². The normalized spacial score (nSPS) is 11.8. The largest absolute Gasteiger partial charge is 0.474 e. The Balaban J connectivity index is 2.00. The van der Waals surface area contributed by atoms with E-state index in [1.807, 2.05) is 18.2 Å². The first-order valence-corrected chi connectivity index (χ1v) is 8.54. The Hall–Kier alpha value is -3.28. The molecular formula is C21H20O6. The number of esters is 2. The van der Waals surface area contributed by atoms with E-state index in [2.05, 4.69) is 0 Å². The minimum Gasteiger partial charge on any atom is -0.474 e. The van der Waals surface area contributed by atoms with E-state index >= 15 is 0 Å². The Kier molecular flexibility index (Phi) is 5.45. The van der Waals surface area contributed by atoms with E-state index in [1.54, 1.807) is 44.2 Å². The monoisotopic (exact) mass is 368 g/mol. The van der Waals surface area contributed by atoms with Crippen LogP contribution in [0, 0.1) is 6.92 Å². The fraction of sp³-hybridized carbons (Fsp3) is 0.238. The van der Waals surface area contributed by atoms with Gasteiger partial charge in [0.1, 0.15) is 22.7 Å². The number of furan rings is 1. The molecule has 1 heterocycles. The standard InChI is InChI=1S/C21H20O6/c1-4-25-21(23)19(14-8-6-5-7-9-14)27-15-10-11-17-16(12-15)18(13(2)26-17)20(22)24-3/h5-12,19H,4H2,1-3H3/t19-/m1/s1. The molecule has 1 atom stereocenters. The second kappa shape index (κ2) is 7.95. The molecule has 3 aromatic rings.